The summed E-state index contributed by atoms with van der Waals surface area (Å²) in [6.07, 6.45) is 1.03. The minimum absolute atomic E-state index is 0.548. The maximum atomic E-state index is 5.42. The van der Waals surface area contributed by atoms with Crippen molar-refractivity contribution >= 4 is 17.9 Å². The Balaban J connectivity index is 0. The lowest BCUT2D eigenvalue weighted by Gasteiger charge is -2.26. The van der Waals surface area contributed by atoms with Gasteiger partial charge in [-0.3, -0.25) is 0 Å². The summed E-state index contributed by atoms with van der Waals surface area (Å²) in [5, 5.41) is 0. The topological polar surface area (TPSA) is 64.6 Å². The van der Waals surface area contributed by atoms with Crippen molar-refractivity contribution in [1.82, 2.24) is 0 Å². The molecule has 0 fully saturated rings. The van der Waals surface area contributed by atoms with Crippen LogP contribution in [0.5, 0.6) is 0 Å². The molecule has 0 saturated heterocycles. The second-order valence-electron chi connectivity index (χ2n) is 4.28. The fraction of sp³-hybridized carbons (Fsp3) is 1.00. The largest absolute Gasteiger partial charge is 0.679 e. The van der Waals surface area contributed by atoms with Gasteiger partial charge < -0.3 is 31.0 Å². The van der Waals surface area contributed by atoms with Gasteiger partial charge in [-0.2, -0.15) is 0 Å². The van der Waals surface area contributed by atoms with E-state index in [1.165, 1.54) is 0 Å². The van der Waals surface area contributed by atoms with Crippen molar-refractivity contribution in [2.24, 2.45) is 0 Å². The fourth-order valence-electron chi connectivity index (χ4n) is 1.82. The first-order valence-electron chi connectivity index (χ1n) is 8.20. The molecule has 0 aliphatic rings. The van der Waals surface area contributed by atoms with E-state index in [0.717, 1.165) is 12.5 Å². The molecule has 0 rings (SSSR count). The SMILES string of the molecule is CCC[Si](OC)(OC)OC.CCO[Si](OCC)(OCC)OCC. The van der Waals surface area contributed by atoms with Gasteiger partial charge in [-0.25, -0.2) is 0 Å². The van der Waals surface area contributed by atoms with Crippen LogP contribution in [-0.2, 0) is 31.0 Å². The lowest BCUT2D eigenvalue weighted by Crippen LogP contribution is -2.49. The highest BCUT2D eigenvalue weighted by molar-refractivity contribution is 6.60. The van der Waals surface area contributed by atoms with Crippen molar-refractivity contribution in [3.63, 3.8) is 0 Å². The molecule has 0 aromatic carbocycles. The summed E-state index contributed by atoms with van der Waals surface area (Å²) in [7, 11) is -0.111. The second-order valence-corrected chi connectivity index (χ2v) is 9.52. The summed E-state index contributed by atoms with van der Waals surface area (Å²) in [5.41, 5.74) is 0. The van der Waals surface area contributed by atoms with Gasteiger partial charge in [0.05, 0.1) is 0 Å². The van der Waals surface area contributed by atoms with Crippen molar-refractivity contribution in [2.45, 2.75) is 47.1 Å². The van der Waals surface area contributed by atoms with Gasteiger partial charge in [-0.05, 0) is 27.7 Å². The van der Waals surface area contributed by atoms with Gasteiger partial charge in [-0.1, -0.05) is 13.3 Å². The van der Waals surface area contributed by atoms with Gasteiger partial charge in [0.15, 0.2) is 0 Å². The Morgan fingerprint density at radius 2 is 0.870 bits per heavy atom. The zero-order valence-corrected chi connectivity index (χ0v) is 18.1. The summed E-state index contributed by atoms with van der Waals surface area (Å²) in [5.74, 6) is 0. The molecular formula is C14H36O7Si2. The van der Waals surface area contributed by atoms with Gasteiger partial charge >= 0.3 is 17.9 Å². The van der Waals surface area contributed by atoms with Crippen molar-refractivity contribution < 1.29 is 31.0 Å². The third kappa shape index (κ3) is 10.6. The molecule has 0 unspecified atom stereocenters. The summed E-state index contributed by atoms with van der Waals surface area (Å²) in [4.78, 5) is 0. The molecule has 9 heteroatoms. The minimum atomic E-state index is -2.80. The fourth-order valence-corrected chi connectivity index (χ4v) is 5.46. The van der Waals surface area contributed by atoms with E-state index in [4.69, 9.17) is 31.0 Å². The molecule has 0 bridgehead atoms. The smallest absolute Gasteiger partial charge is 0.377 e. The summed E-state index contributed by atoms with van der Waals surface area (Å²) in [6, 6.07) is 0.885. The second kappa shape index (κ2) is 15.7. The Kier molecular flexibility index (Phi) is 17.3. The molecule has 0 amide bonds. The van der Waals surface area contributed by atoms with E-state index in [2.05, 4.69) is 6.92 Å². The van der Waals surface area contributed by atoms with Crippen LogP contribution in [-0.4, -0.2) is 65.6 Å². The Bertz CT molecular complexity index is 216. The normalized spacial score (nSPS) is 12.0. The van der Waals surface area contributed by atoms with E-state index < -0.39 is 17.9 Å². The molecule has 0 aromatic rings. The highest BCUT2D eigenvalue weighted by atomic mass is 28.4. The Hall–Kier alpha value is 0.154. The van der Waals surface area contributed by atoms with Crippen molar-refractivity contribution in [3.05, 3.63) is 0 Å². The monoisotopic (exact) mass is 372 g/mol. The quantitative estimate of drug-likeness (QED) is 0.461. The lowest BCUT2D eigenvalue weighted by molar-refractivity contribution is -0.0247. The van der Waals surface area contributed by atoms with E-state index in [0.29, 0.717) is 26.4 Å². The molecule has 0 radical (unpaired) electrons. The maximum absolute atomic E-state index is 5.42. The van der Waals surface area contributed by atoms with E-state index in [1.807, 2.05) is 27.7 Å². The first kappa shape index (κ1) is 25.4. The summed E-state index contributed by atoms with van der Waals surface area (Å²) < 4.78 is 37.2. The van der Waals surface area contributed by atoms with Crippen LogP contribution < -0.4 is 0 Å². The van der Waals surface area contributed by atoms with Crippen molar-refractivity contribution in [1.29, 1.82) is 0 Å². The van der Waals surface area contributed by atoms with Crippen LogP contribution in [0.1, 0.15) is 41.0 Å². The highest BCUT2D eigenvalue weighted by Crippen LogP contribution is 2.13. The molecule has 0 atom stereocenters. The predicted molar refractivity (Wildman–Crippen MR) is 94.1 cm³/mol. The first-order valence-corrected chi connectivity index (χ1v) is 11.8. The van der Waals surface area contributed by atoms with Crippen LogP contribution in [0, 0.1) is 0 Å². The molecule has 23 heavy (non-hydrogen) atoms. The van der Waals surface area contributed by atoms with E-state index in [-0.39, 0.29) is 0 Å². The summed E-state index contributed by atoms with van der Waals surface area (Å²) in [6.45, 7) is 11.9. The van der Waals surface area contributed by atoms with Crippen LogP contribution in [0.25, 0.3) is 0 Å². The van der Waals surface area contributed by atoms with Gasteiger partial charge in [0.25, 0.3) is 0 Å². The van der Waals surface area contributed by atoms with Crippen molar-refractivity contribution in [2.75, 3.05) is 47.8 Å². The van der Waals surface area contributed by atoms with Crippen LogP contribution in [0.2, 0.25) is 6.04 Å². The highest BCUT2D eigenvalue weighted by Gasteiger charge is 2.44. The minimum Gasteiger partial charge on any atom is -0.377 e. The van der Waals surface area contributed by atoms with E-state index in [9.17, 15) is 0 Å². The number of hydrogen-bond donors (Lipinski definition) is 0. The zero-order chi connectivity index (χ0) is 18.2. The van der Waals surface area contributed by atoms with Gasteiger partial charge in [0.2, 0.25) is 0 Å². The molecule has 0 N–H and O–H groups in total. The Morgan fingerprint density at radius 3 is 1.00 bits per heavy atom. The molecule has 7 nitrogen and oxygen atoms in total. The van der Waals surface area contributed by atoms with E-state index >= 15 is 0 Å². The summed E-state index contributed by atoms with van der Waals surface area (Å²) >= 11 is 0. The average molecular weight is 373 g/mol. The third-order valence-corrected chi connectivity index (χ3v) is 8.32. The Morgan fingerprint density at radius 1 is 0.565 bits per heavy atom. The standard InChI is InChI=1S/C8H20O4Si.C6H16O3Si/c1-5-9-13(10-6-2,11-7-3)12-8-4;1-5-6-10(7-2,8-3)9-4/h5-8H2,1-4H3;5-6H2,1-4H3. The van der Waals surface area contributed by atoms with Gasteiger partial charge in [0, 0.05) is 53.8 Å². The molecule has 0 saturated carbocycles. The third-order valence-electron chi connectivity index (χ3n) is 2.77. The predicted octanol–water partition coefficient (Wildman–Crippen LogP) is 2.84. The van der Waals surface area contributed by atoms with Crippen LogP contribution in [0.15, 0.2) is 0 Å². The molecular weight excluding hydrogens is 336 g/mol. The molecule has 0 heterocycles. The molecule has 0 aromatic heterocycles. The number of hydrogen-bond acceptors (Lipinski definition) is 7. The molecule has 0 spiro atoms. The van der Waals surface area contributed by atoms with Gasteiger partial charge in [0.1, 0.15) is 0 Å². The van der Waals surface area contributed by atoms with Gasteiger partial charge in [-0.15, -0.1) is 0 Å². The number of rotatable bonds is 13. The van der Waals surface area contributed by atoms with Crippen molar-refractivity contribution in [3.8, 4) is 0 Å². The molecule has 142 valence electrons. The van der Waals surface area contributed by atoms with Crippen LogP contribution >= 0.6 is 0 Å². The maximum Gasteiger partial charge on any atom is 0.679 e. The van der Waals surface area contributed by atoms with Crippen LogP contribution in [0.3, 0.4) is 0 Å². The van der Waals surface area contributed by atoms with Crippen LogP contribution in [0.4, 0.5) is 0 Å². The average Bonchev–Trinajstić information content (AvgIpc) is 2.54. The van der Waals surface area contributed by atoms with E-state index in [1.54, 1.807) is 21.3 Å². The zero-order valence-electron chi connectivity index (χ0n) is 16.1. The Labute approximate surface area is 144 Å². The molecule has 0 aliphatic heterocycles. The lowest BCUT2D eigenvalue weighted by atomic mass is 10.6. The first-order chi connectivity index (χ1) is 11.0. The molecule has 0 aliphatic carbocycles.